The molecule has 0 radical (unpaired) electrons. The maximum Gasteiger partial charge on any atom is 0.248 e. The van der Waals surface area contributed by atoms with Crippen molar-refractivity contribution >= 4 is 71.0 Å². The second-order valence-electron chi connectivity index (χ2n) is 16.3. The smallest absolute Gasteiger partial charge is 0.248 e. The van der Waals surface area contributed by atoms with Crippen molar-refractivity contribution in [3.8, 4) is 12.8 Å². The Bertz CT molecular complexity index is 1960. The topological polar surface area (TPSA) is 293 Å². The molecule has 0 aliphatic rings. The Hall–Kier alpha value is -7.18. The Morgan fingerprint density at radius 1 is 0.697 bits per heavy atom. The number of anilines is 3. The van der Waals surface area contributed by atoms with Crippen molar-refractivity contribution in [3.05, 3.63) is 60.7 Å². The molecule has 0 bridgehead atoms. The van der Waals surface area contributed by atoms with Gasteiger partial charge in [-0.05, 0) is 88.3 Å². The van der Waals surface area contributed by atoms with E-state index < -0.39 is 23.8 Å². The molecule has 9 N–H and O–H groups in total. The number of aromatic nitrogens is 1. The van der Waals surface area contributed by atoms with Crippen LogP contribution < -0.4 is 47.9 Å². The number of methoxy groups -OCH3 is 1. The molecule has 21 nitrogen and oxygen atoms in total. The molecule has 0 aliphatic heterocycles. The lowest BCUT2D eigenvalue weighted by Crippen LogP contribution is -2.45. The molecular formula is C55H92N10O11. The summed E-state index contributed by atoms with van der Waals surface area (Å²) >= 11 is 0. The van der Waals surface area contributed by atoms with E-state index in [0.29, 0.717) is 70.6 Å². The molecular weight excluding hydrogens is 977 g/mol. The first-order chi connectivity index (χ1) is 36.4. The third kappa shape index (κ3) is 43.2. The maximum absolute atomic E-state index is 12.4. The number of pyridine rings is 1. The summed E-state index contributed by atoms with van der Waals surface area (Å²) in [6.45, 7) is 23.5. The van der Waals surface area contributed by atoms with E-state index in [2.05, 4.69) is 79.2 Å². The van der Waals surface area contributed by atoms with Gasteiger partial charge in [0.2, 0.25) is 53.7 Å². The van der Waals surface area contributed by atoms with Gasteiger partial charge in [0, 0.05) is 70.8 Å². The summed E-state index contributed by atoms with van der Waals surface area (Å²) in [6, 6.07) is 11.1. The highest BCUT2D eigenvalue weighted by Crippen LogP contribution is 2.20. The molecule has 1 heterocycles. The molecule has 21 heteroatoms. The fraction of sp³-hybridized carbons (Fsp3) is 0.564. The third-order valence-corrected chi connectivity index (χ3v) is 9.73. The minimum absolute atomic E-state index is 0.135. The molecule has 0 unspecified atom stereocenters. The van der Waals surface area contributed by atoms with E-state index in [1.165, 1.54) is 0 Å². The van der Waals surface area contributed by atoms with Gasteiger partial charge in [-0.2, -0.15) is 0 Å². The molecule has 1 aromatic heterocycles. The minimum Gasteiger partial charge on any atom is -0.382 e. The Labute approximate surface area is 453 Å². The number of unbranched alkanes of at least 4 members (excludes halogenated alkanes) is 4. The largest absolute Gasteiger partial charge is 0.382 e. The number of rotatable bonds is 32. The number of amides is 9. The van der Waals surface area contributed by atoms with Crippen molar-refractivity contribution in [1.29, 1.82) is 0 Å². The van der Waals surface area contributed by atoms with Gasteiger partial charge < -0.3 is 57.3 Å². The number of ether oxygens (including phenoxy) is 2. The number of carbonyl (C=O) groups excluding carboxylic acids is 9. The number of carbonyl (C=O) groups is 9. The zero-order chi connectivity index (χ0) is 58.6. The second-order valence-corrected chi connectivity index (χ2v) is 16.3. The van der Waals surface area contributed by atoms with Crippen molar-refractivity contribution in [2.75, 3.05) is 69.5 Å². The molecule has 2 aromatic rings. The zero-order valence-electron chi connectivity index (χ0n) is 47.3. The second kappa shape index (κ2) is 51.3. The van der Waals surface area contributed by atoms with Gasteiger partial charge >= 0.3 is 0 Å². The van der Waals surface area contributed by atoms with Crippen LogP contribution >= 0.6 is 0 Å². The average molecular weight is 1070 g/mol. The Morgan fingerprint density at radius 3 is 1.75 bits per heavy atom. The highest BCUT2D eigenvalue weighted by molar-refractivity contribution is 5.99. The molecule has 1 aromatic carbocycles. The number of hydrogen-bond donors (Lipinski definition) is 9. The van der Waals surface area contributed by atoms with Gasteiger partial charge in [0.15, 0.2) is 0 Å². The molecule has 0 fully saturated rings. The summed E-state index contributed by atoms with van der Waals surface area (Å²) in [5, 5.41) is 23.4. The lowest BCUT2D eigenvalue weighted by atomic mass is 9.88. The standard InChI is InChI=1S/C35H48N8O8.C12H25NO2.C2H5NO.2C2H6.C2H2/c1-4-29(44)42-27-11-10-12-28(41-27)43-32(47)15-8-7-14-31(46)37-21-33(48)36-20-9-5-6-13-30(45)38-22-34(49)39-24(2)35(50)40-26-18-16-25(17-19-26)23-51-3;1-5-7-9-13-11(14)12(3,4)8-10-15-6-2;1-3-2-4;3*1-2/h4,10-12,16-19,24H,1,5-9,13-15,20-23H2,2-3H3,(H,36,48)(H,37,46)(H,38,45)(H,39,49)(H,40,50)(H2,41,42,43,44,47);5-10H2,1-4H3,(H,13,14);2H,1H3,(H,3,4);2*1-2H3;1-2H/t24-;;;;;/m0...../s1. The van der Waals surface area contributed by atoms with Crippen LogP contribution in [0, 0.1) is 18.3 Å². The fourth-order valence-electron chi connectivity index (χ4n) is 5.60. The third-order valence-electron chi connectivity index (χ3n) is 9.73. The van der Waals surface area contributed by atoms with Crippen LogP contribution in [0.1, 0.15) is 139 Å². The first-order valence-corrected chi connectivity index (χ1v) is 25.9. The summed E-state index contributed by atoms with van der Waals surface area (Å²) in [7, 11) is 3.16. The molecule has 2 rings (SSSR count). The summed E-state index contributed by atoms with van der Waals surface area (Å²) in [4.78, 5) is 109. The summed E-state index contributed by atoms with van der Waals surface area (Å²) in [6.07, 6.45) is 15.9. The highest BCUT2D eigenvalue weighted by Gasteiger charge is 2.26. The summed E-state index contributed by atoms with van der Waals surface area (Å²) < 4.78 is 10.3. The quantitative estimate of drug-likeness (QED) is 0.0179. The van der Waals surface area contributed by atoms with E-state index in [1.807, 2.05) is 60.6 Å². The van der Waals surface area contributed by atoms with Crippen molar-refractivity contribution < 1.29 is 52.6 Å². The summed E-state index contributed by atoms with van der Waals surface area (Å²) in [5.74, 6) is -1.85. The van der Waals surface area contributed by atoms with Crippen molar-refractivity contribution in [2.45, 2.75) is 146 Å². The van der Waals surface area contributed by atoms with Crippen molar-refractivity contribution in [3.63, 3.8) is 0 Å². The van der Waals surface area contributed by atoms with Crippen LogP contribution in [0.3, 0.4) is 0 Å². The van der Waals surface area contributed by atoms with Gasteiger partial charge in [-0.25, -0.2) is 4.98 Å². The zero-order valence-corrected chi connectivity index (χ0v) is 47.3. The normalized spacial score (nSPS) is 10.1. The first kappa shape index (κ1) is 75.3. The van der Waals surface area contributed by atoms with Crippen molar-refractivity contribution in [1.82, 2.24) is 36.9 Å². The van der Waals surface area contributed by atoms with Crippen molar-refractivity contribution in [2.24, 2.45) is 5.41 Å². The molecule has 0 aliphatic carbocycles. The lowest BCUT2D eigenvalue weighted by Gasteiger charge is -2.23. The Balaban J connectivity index is -0.000000861. The van der Waals surface area contributed by atoms with Crippen LogP contribution in [0.2, 0.25) is 0 Å². The van der Waals surface area contributed by atoms with Gasteiger partial charge in [-0.15, -0.1) is 12.8 Å². The molecule has 9 amide bonds. The number of nitrogens with one attached hydrogen (secondary N) is 9. The molecule has 0 saturated heterocycles. The molecule has 1 atom stereocenters. The van der Waals surface area contributed by atoms with E-state index in [1.54, 1.807) is 51.4 Å². The van der Waals surface area contributed by atoms with E-state index in [0.717, 1.165) is 37.4 Å². The first-order valence-electron chi connectivity index (χ1n) is 25.9. The van der Waals surface area contributed by atoms with E-state index in [9.17, 15) is 38.4 Å². The minimum atomic E-state index is -0.808. The van der Waals surface area contributed by atoms with Crippen LogP contribution in [0.25, 0.3) is 0 Å². The van der Waals surface area contributed by atoms with Crippen LogP contribution in [-0.4, -0.2) is 118 Å². The van der Waals surface area contributed by atoms with E-state index in [-0.39, 0.29) is 78.9 Å². The number of terminal acetylenes is 1. The number of hydrogen-bond acceptors (Lipinski definition) is 12. The van der Waals surface area contributed by atoms with Crippen LogP contribution in [-0.2, 0) is 59.2 Å². The highest BCUT2D eigenvalue weighted by atomic mass is 16.5. The van der Waals surface area contributed by atoms with E-state index in [4.69, 9.17) is 14.3 Å². The van der Waals surface area contributed by atoms with E-state index >= 15 is 0 Å². The molecule has 76 heavy (non-hydrogen) atoms. The Kier molecular flexibility index (Phi) is 50.9. The number of benzene rings is 1. The van der Waals surface area contributed by atoms with Gasteiger partial charge in [-0.3, -0.25) is 43.2 Å². The summed E-state index contributed by atoms with van der Waals surface area (Å²) in [5.41, 5.74) is 1.23. The van der Waals surface area contributed by atoms with Crippen LogP contribution in [0.15, 0.2) is 55.1 Å². The van der Waals surface area contributed by atoms with Gasteiger partial charge in [-0.1, -0.05) is 86.1 Å². The average Bonchev–Trinajstić information content (AvgIpc) is 3.42. The monoisotopic (exact) mass is 1070 g/mol. The predicted octanol–water partition coefficient (Wildman–Crippen LogP) is 5.92. The predicted molar refractivity (Wildman–Crippen MR) is 302 cm³/mol. The molecule has 0 saturated carbocycles. The van der Waals surface area contributed by atoms with Gasteiger partial charge in [0.25, 0.3) is 0 Å². The maximum atomic E-state index is 12.4. The van der Waals surface area contributed by atoms with Gasteiger partial charge in [0.05, 0.1) is 19.7 Å². The van der Waals surface area contributed by atoms with Crippen LogP contribution in [0.5, 0.6) is 0 Å². The molecule has 428 valence electrons. The molecule has 0 spiro atoms. The number of nitrogens with zero attached hydrogens (tertiary/aromatic N) is 1. The fourth-order valence-corrected chi connectivity index (χ4v) is 5.60. The lowest BCUT2D eigenvalue weighted by molar-refractivity contribution is -0.130. The van der Waals surface area contributed by atoms with Crippen LogP contribution in [0.4, 0.5) is 17.3 Å². The Morgan fingerprint density at radius 2 is 1.22 bits per heavy atom. The van der Waals surface area contributed by atoms with Gasteiger partial charge in [0.1, 0.15) is 17.7 Å². The SMILES string of the molecule is C#C.C=CC(=O)Nc1cccc(NC(=O)CCCCC(=O)NCC(=O)NCCCCCC(=O)NCC(=O)N[C@@H](C)C(=O)Nc2ccc(COC)cc2)n1.CC.CC.CCCCNC(=O)C(C)(C)CCOCC.CNC=O.